The van der Waals surface area contributed by atoms with Gasteiger partial charge in [-0.2, -0.15) is 0 Å². The highest BCUT2D eigenvalue weighted by atomic mass is 35.5. The van der Waals surface area contributed by atoms with Gasteiger partial charge >= 0.3 is 0 Å². The van der Waals surface area contributed by atoms with E-state index in [1.807, 2.05) is 25.1 Å². The van der Waals surface area contributed by atoms with Crippen molar-refractivity contribution in [2.24, 2.45) is 0 Å². The molecule has 4 nitrogen and oxygen atoms in total. The molecule has 0 bridgehead atoms. The molecule has 110 valence electrons. The largest absolute Gasteiger partial charge is 0.497 e. The predicted octanol–water partition coefficient (Wildman–Crippen LogP) is 3.64. The molecule has 2 heterocycles. The van der Waals surface area contributed by atoms with Crippen LogP contribution in [-0.2, 0) is 13.0 Å². The zero-order valence-corrected chi connectivity index (χ0v) is 13.5. The van der Waals surface area contributed by atoms with E-state index in [9.17, 15) is 0 Å². The summed E-state index contributed by atoms with van der Waals surface area (Å²) in [6, 6.07) is 5.92. The molecular weight excluding hydrogens is 306 g/mol. The van der Waals surface area contributed by atoms with Gasteiger partial charge in [0.05, 0.1) is 24.7 Å². The number of hydrogen-bond donors (Lipinski definition) is 0. The second-order valence-corrected chi connectivity index (χ2v) is 6.11. The summed E-state index contributed by atoms with van der Waals surface area (Å²) in [5.74, 6) is 2.37. The monoisotopic (exact) mass is 321 g/mol. The highest BCUT2D eigenvalue weighted by Crippen LogP contribution is 2.24. The van der Waals surface area contributed by atoms with Crippen LogP contribution < -0.4 is 4.74 Å². The molecule has 0 saturated heterocycles. The van der Waals surface area contributed by atoms with Crippen LogP contribution in [0.2, 0.25) is 0 Å². The number of hydrogen-bond acceptors (Lipinski definition) is 4. The van der Waals surface area contributed by atoms with Gasteiger partial charge in [-0.1, -0.05) is 0 Å². The van der Waals surface area contributed by atoms with Gasteiger partial charge in [-0.25, -0.2) is 9.97 Å². The van der Waals surface area contributed by atoms with Crippen molar-refractivity contribution in [1.82, 2.24) is 14.5 Å². The second-order valence-electron chi connectivity index (χ2n) is 4.79. The van der Waals surface area contributed by atoms with Crippen LogP contribution in [0.1, 0.15) is 16.5 Å². The third-order valence-corrected chi connectivity index (χ3v) is 4.45. The Morgan fingerprint density at radius 2 is 2.19 bits per heavy atom. The van der Waals surface area contributed by atoms with Gasteiger partial charge in [-0.05, 0) is 19.1 Å². The quantitative estimate of drug-likeness (QED) is 0.674. The topological polar surface area (TPSA) is 39.9 Å². The lowest BCUT2D eigenvalue weighted by atomic mass is 10.3. The van der Waals surface area contributed by atoms with Crippen molar-refractivity contribution in [3.63, 3.8) is 0 Å². The Labute approximate surface area is 132 Å². The molecule has 21 heavy (non-hydrogen) atoms. The van der Waals surface area contributed by atoms with E-state index in [0.29, 0.717) is 12.4 Å². The number of rotatable bonds is 5. The van der Waals surface area contributed by atoms with E-state index in [-0.39, 0.29) is 0 Å². The maximum atomic E-state index is 5.91. The number of alkyl halides is 1. The molecule has 0 aliphatic carbocycles. The average Bonchev–Trinajstić information content (AvgIpc) is 3.04. The lowest BCUT2D eigenvalue weighted by Gasteiger charge is -2.07. The first-order valence-electron chi connectivity index (χ1n) is 6.71. The third-order valence-electron chi connectivity index (χ3n) is 3.31. The number of nitrogens with zero attached hydrogens (tertiary/aromatic N) is 3. The minimum atomic E-state index is 0.553. The fourth-order valence-corrected chi connectivity index (χ4v) is 3.27. The summed E-state index contributed by atoms with van der Waals surface area (Å²) in [7, 11) is 1.67. The Hall–Kier alpha value is -1.59. The predicted molar refractivity (Wildman–Crippen MR) is 86.7 cm³/mol. The number of imidazole rings is 1. The lowest BCUT2D eigenvalue weighted by Crippen LogP contribution is -2.06. The fourth-order valence-electron chi connectivity index (χ4n) is 2.34. The maximum absolute atomic E-state index is 5.91. The molecule has 3 aromatic rings. The molecule has 0 spiro atoms. The zero-order valence-electron chi connectivity index (χ0n) is 12.0. The van der Waals surface area contributed by atoms with E-state index in [1.165, 1.54) is 0 Å². The first-order valence-corrected chi connectivity index (χ1v) is 8.13. The molecule has 0 aliphatic rings. The number of fused-ring (bicyclic) bond motifs is 1. The van der Waals surface area contributed by atoms with Crippen molar-refractivity contribution >= 4 is 34.0 Å². The number of thiazole rings is 1. The number of methoxy groups -OCH3 is 1. The molecule has 1 aromatic carbocycles. The summed E-state index contributed by atoms with van der Waals surface area (Å²) < 4.78 is 7.50. The van der Waals surface area contributed by atoms with E-state index >= 15 is 0 Å². The molecule has 3 rings (SSSR count). The molecule has 0 atom stereocenters. The zero-order chi connectivity index (χ0) is 14.8. The van der Waals surface area contributed by atoms with E-state index < -0.39 is 0 Å². The third kappa shape index (κ3) is 2.89. The van der Waals surface area contributed by atoms with Gasteiger partial charge in [0.25, 0.3) is 0 Å². The summed E-state index contributed by atoms with van der Waals surface area (Å²) in [6.07, 6.45) is 0.739. The van der Waals surface area contributed by atoms with Crippen LogP contribution >= 0.6 is 22.9 Å². The molecule has 0 amide bonds. The Kier molecular flexibility index (Phi) is 4.12. The van der Waals surface area contributed by atoms with Crippen molar-refractivity contribution in [2.75, 3.05) is 13.0 Å². The summed E-state index contributed by atoms with van der Waals surface area (Å²) >= 11 is 7.58. The van der Waals surface area contributed by atoms with Gasteiger partial charge in [0.15, 0.2) is 0 Å². The van der Waals surface area contributed by atoms with Crippen molar-refractivity contribution < 1.29 is 4.74 Å². The van der Waals surface area contributed by atoms with Gasteiger partial charge in [-0.15, -0.1) is 22.9 Å². The summed E-state index contributed by atoms with van der Waals surface area (Å²) in [5.41, 5.74) is 3.07. The van der Waals surface area contributed by atoms with Gasteiger partial charge in [-0.3, -0.25) is 0 Å². The number of aryl methyl sites for hydroxylation is 2. The van der Waals surface area contributed by atoms with E-state index in [1.54, 1.807) is 18.4 Å². The highest BCUT2D eigenvalue weighted by molar-refractivity contribution is 7.09. The first kappa shape index (κ1) is 14.4. The van der Waals surface area contributed by atoms with Gasteiger partial charge in [0.2, 0.25) is 0 Å². The van der Waals surface area contributed by atoms with E-state index in [4.69, 9.17) is 16.3 Å². The van der Waals surface area contributed by atoms with Crippen molar-refractivity contribution in [2.45, 2.75) is 19.9 Å². The molecule has 2 aromatic heterocycles. The fraction of sp³-hybridized carbons (Fsp3) is 0.333. The Morgan fingerprint density at radius 3 is 2.86 bits per heavy atom. The first-order chi connectivity index (χ1) is 10.2. The van der Waals surface area contributed by atoms with Gasteiger partial charge < -0.3 is 9.30 Å². The summed E-state index contributed by atoms with van der Waals surface area (Å²) in [6.45, 7) is 2.73. The number of ether oxygens (including phenoxy) is 1. The Bertz CT molecular complexity index is 765. The standard InChI is InChI=1S/C15H16ClN3OS/c1-10-9-21-15(17-10)8-19-13-7-11(20-2)3-4-12(13)18-14(19)5-6-16/h3-4,7,9H,5-6,8H2,1-2H3. The van der Waals surface area contributed by atoms with Crippen LogP contribution in [-0.4, -0.2) is 27.5 Å². The van der Waals surface area contributed by atoms with Crippen LogP contribution in [0, 0.1) is 6.92 Å². The number of halogens is 1. The van der Waals surface area contributed by atoms with Crippen molar-refractivity contribution in [3.05, 3.63) is 40.1 Å². The minimum absolute atomic E-state index is 0.553. The number of benzene rings is 1. The Balaban J connectivity index is 2.09. The summed E-state index contributed by atoms with van der Waals surface area (Å²) in [5, 5.41) is 3.14. The maximum Gasteiger partial charge on any atom is 0.121 e. The molecular formula is C15H16ClN3OS. The molecule has 0 N–H and O–H groups in total. The molecule has 0 fully saturated rings. The second kappa shape index (κ2) is 6.03. The normalized spacial score (nSPS) is 11.2. The van der Waals surface area contributed by atoms with E-state index in [2.05, 4.69) is 19.9 Å². The molecule has 0 aliphatic heterocycles. The average molecular weight is 322 g/mol. The van der Waals surface area contributed by atoms with Crippen LogP contribution in [0.15, 0.2) is 23.6 Å². The smallest absolute Gasteiger partial charge is 0.121 e. The lowest BCUT2D eigenvalue weighted by molar-refractivity contribution is 0.415. The highest BCUT2D eigenvalue weighted by Gasteiger charge is 2.13. The van der Waals surface area contributed by atoms with E-state index in [0.717, 1.165) is 39.7 Å². The minimum Gasteiger partial charge on any atom is -0.497 e. The van der Waals surface area contributed by atoms with Crippen LogP contribution in [0.5, 0.6) is 5.75 Å². The Morgan fingerprint density at radius 1 is 1.33 bits per heavy atom. The molecule has 6 heteroatoms. The van der Waals surface area contributed by atoms with Gasteiger partial charge in [0, 0.05) is 29.4 Å². The van der Waals surface area contributed by atoms with Gasteiger partial charge in [0.1, 0.15) is 16.6 Å². The molecule has 0 saturated carbocycles. The molecule has 0 unspecified atom stereocenters. The SMILES string of the molecule is COc1ccc2nc(CCCl)n(Cc3nc(C)cs3)c2c1. The van der Waals surface area contributed by atoms with Crippen molar-refractivity contribution in [3.8, 4) is 5.75 Å². The van der Waals surface area contributed by atoms with Crippen LogP contribution in [0.3, 0.4) is 0 Å². The van der Waals surface area contributed by atoms with Crippen LogP contribution in [0.25, 0.3) is 11.0 Å². The van der Waals surface area contributed by atoms with Crippen molar-refractivity contribution in [1.29, 1.82) is 0 Å². The summed E-state index contributed by atoms with van der Waals surface area (Å²) in [4.78, 5) is 9.22. The number of aromatic nitrogens is 3. The molecule has 0 radical (unpaired) electrons. The van der Waals surface area contributed by atoms with Crippen LogP contribution in [0.4, 0.5) is 0 Å².